The van der Waals surface area contributed by atoms with E-state index in [9.17, 15) is 10.2 Å². The molecule has 3 N–H and O–H groups in total. The molecule has 4 heteroatoms. The summed E-state index contributed by atoms with van der Waals surface area (Å²) in [5.41, 5.74) is 0.249. The molecule has 0 aliphatic carbocycles. The summed E-state index contributed by atoms with van der Waals surface area (Å²) < 4.78 is 5.46. The number of hydrogen-bond donors (Lipinski definition) is 3. The van der Waals surface area contributed by atoms with Crippen molar-refractivity contribution < 1.29 is 14.6 Å². The van der Waals surface area contributed by atoms with Gasteiger partial charge < -0.3 is 14.6 Å². The van der Waals surface area contributed by atoms with Gasteiger partial charge in [-0.2, -0.15) is 0 Å². The van der Waals surface area contributed by atoms with Crippen molar-refractivity contribution in [3.05, 3.63) is 60.1 Å². The Balaban J connectivity index is 2.31. The van der Waals surface area contributed by atoms with Gasteiger partial charge >= 0.3 is 0 Å². The van der Waals surface area contributed by atoms with Crippen LogP contribution in [0.25, 0.3) is 0 Å². The zero-order valence-corrected chi connectivity index (χ0v) is 10.9. The first-order valence-electron chi connectivity index (χ1n) is 6.26. The topological polar surface area (TPSA) is 65.6 Å². The first kappa shape index (κ1) is 13.8. The summed E-state index contributed by atoms with van der Waals surface area (Å²) >= 11 is 0. The molecular formula is C15H19NO3. The van der Waals surface area contributed by atoms with Crippen LogP contribution in [0.1, 0.15) is 24.3 Å². The first-order valence-corrected chi connectivity index (χ1v) is 6.26. The van der Waals surface area contributed by atoms with Crippen molar-refractivity contribution in [2.24, 2.45) is 0 Å². The van der Waals surface area contributed by atoms with Gasteiger partial charge in [0.25, 0.3) is 0 Å². The van der Waals surface area contributed by atoms with E-state index in [4.69, 9.17) is 4.42 Å². The summed E-state index contributed by atoms with van der Waals surface area (Å²) in [7, 11) is 0. The Kier molecular flexibility index (Phi) is 4.37. The van der Waals surface area contributed by atoms with Crippen LogP contribution >= 0.6 is 0 Å². The van der Waals surface area contributed by atoms with Crippen molar-refractivity contribution in [3.63, 3.8) is 0 Å². The Bertz CT molecular complexity index is 477. The molecule has 19 heavy (non-hydrogen) atoms. The highest BCUT2D eigenvalue weighted by atomic mass is 16.3. The smallest absolute Gasteiger partial charge is 0.125 e. The third-order valence-electron chi connectivity index (χ3n) is 3.15. The van der Waals surface area contributed by atoms with Gasteiger partial charge in [0.2, 0.25) is 0 Å². The fraction of sp³-hybridized carbons (Fsp3) is 0.333. The van der Waals surface area contributed by atoms with Gasteiger partial charge in [-0.1, -0.05) is 30.3 Å². The number of benzene rings is 1. The molecule has 1 aromatic carbocycles. The van der Waals surface area contributed by atoms with Gasteiger partial charge in [0.1, 0.15) is 5.76 Å². The van der Waals surface area contributed by atoms with E-state index in [1.165, 1.54) is 0 Å². The van der Waals surface area contributed by atoms with Crippen molar-refractivity contribution >= 4 is 0 Å². The fourth-order valence-electron chi connectivity index (χ4n) is 1.91. The van der Waals surface area contributed by atoms with E-state index >= 15 is 0 Å². The SMILES string of the molecule is CC(CO)(CO)NC(c1ccccc1)c1ccco1. The molecule has 1 heterocycles. The van der Waals surface area contributed by atoms with Gasteiger partial charge in [0, 0.05) is 0 Å². The predicted molar refractivity (Wildman–Crippen MR) is 72.7 cm³/mol. The van der Waals surface area contributed by atoms with Gasteiger partial charge in [0.15, 0.2) is 0 Å². The highest BCUT2D eigenvalue weighted by Gasteiger charge is 2.28. The fourth-order valence-corrected chi connectivity index (χ4v) is 1.91. The van der Waals surface area contributed by atoms with Crippen LogP contribution in [0.3, 0.4) is 0 Å². The van der Waals surface area contributed by atoms with Crippen molar-refractivity contribution in [3.8, 4) is 0 Å². The van der Waals surface area contributed by atoms with Crippen LogP contribution in [0, 0.1) is 0 Å². The van der Waals surface area contributed by atoms with Gasteiger partial charge in [-0.25, -0.2) is 0 Å². The first-order chi connectivity index (χ1) is 9.18. The number of rotatable bonds is 6. The van der Waals surface area contributed by atoms with Crippen molar-refractivity contribution in [1.29, 1.82) is 0 Å². The van der Waals surface area contributed by atoms with Crippen molar-refractivity contribution in [2.45, 2.75) is 18.5 Å². The number of furan rings is 1. The molecule has 0 bridgehead atoms. The molecule has 0 fully saturated rings. The molecule has 0 amide bonds. The zero-order valence-electron chi connectivity index (χ0n) is 10.9. The van der Waals surface area contributed by atoms with E-state index < -0.39 is 5.54 Å². The minimum atomic E-state index is -0.771. The van der Waals surface area contributed by atoms with Crippen LogP contribution in [-0.2, 0) is 0 Å². The molecule has 1 unspecified atom stereocenters. The van der Waals surface area contributed by atoms with Crippen LogP contribution in [0.5, 0.6) is 0 Å². The molecule has 2 aromatic rings. The van der Waals surface area contributed by atoms with Gasteiger partial charge in [-0.15, -0.1) is 0 Å². The third-order valence-corrected chi connectivity index (χ3v) is 3.15. The summed E-state index contributed by atoms with van der Waals surface area (Å²) in [6.07, 6.45) is 1.61. The molecule has 102 valence electrons. The van der Waals surface area contributed by atoms with Gasteiger partial charge in [-0.3, -0.25) is 5.32 Å². The lowest BCUT2D eigenvalue weighted by Gasteiger charge is -2.31. The Labute approximate surface area is 112 Å². The maximum Gasteiger partial charge on any atom is 0.125 e. The maximum atomic E-state index is 9.43. The van der Waals surface area contributed by atoms with Crippen molar-refractivity contribution in [2.75, 3.05) is 13.2 Å². The number of aliphatic hydroxyl groups excluding tert-OH is 2. The Hall–Kier alpha value is -1.62. The molecule has 0 radical (unpaired) electrons. The van der Waals surface area contributed by atoms with E-state index in [1.54, 1.807) is 13.2 Å². The normalized spacial score (nSPS) is 13.4. The lowest BCUT2D eigenvalue weighted by Crippen LogP contribution is -2.50. The summed E-state index contributed by atoms with van der Waals surface area (Å²) in [4.78, 5) is 0. The largest absolute Gasteiger partial charge is 0.467 e. The molecule has 2 rings (SSSR count). The second-order valence-corrected chi connectivity index (χ2v) is 4.88. The summed E-state index contributed by atoms with van der Waals surface area (Å²) in [5, 5.41) is 22.1. The molecule has 1 aromatic heterocycles. The lowest BCUT2D eigenvalue weighted by molar-refractivity contribution is 0.0955. The molecular weight excluding hydrogens is 242 g/mol. The average Bonchev–Trinajstić information content (AvgIpc) is 2.99. The van der Waals surface area contributed by atoms with Gasteiger partial charge in [-0.05, 0) is 24.6 Å². The molecule has 1 atom stereocenters. The monoisotopic (exact) mass is 261 g/mol. The van der Waals surface area contributed by atoms with Crippen LogP contribution in [0.2, 0.25) is 0 Å². The van der Waals surface area contributed by atoms with E-state index in [0.717, 1.165) is 11.3 Å². The Morgan fingerprint density at radius 1 is 1.11 bits per heavy atom. The zero-order chi connectivity index (χ0) is 13.7. The summed E-state index contributed by atoms with van der Waals surface area (Å²) in [6.45, 7) is 1.45. The molecule has 4 nitrogen and oxygen atoms in total. The Morgan fingerprint density at radius 3 is 2.32 bits per heavy atom. The van der Waals surface area contributed by atoms with Crippen molar-refractivity contribution in [1.82, 2.24) is 5.32 Å². The molecule has 0 spiro atoms. The number of aliphatic hydroxyl groups is 2. The molecule has 0 aliphatic heterocycles. The number of hydrogen-bond acceptors (Lipinski definition) is 4. The molecule has 0 saturated carbocycles. The Morgan fingerprint density at radius 2 is 1.79 bits per heavy atom. The van der Waals surface area contributed by atoms with Gasteiger partial charge in [0.05, 0.1) is 31.1 Å². The van der Waals surface area contributed by atoms with E-state index in [-0.39, 0.29) is 19.3 Å². The third kappa shape index (κ3) is 3.23. The van der Waals surface area contributed by atoms with Crippen LogP contribution in [0.4, 0.5) is 0 Å². The predicted octanol–water partition coefficient (Wildman–Crippen LogP) is 1.70. The lowest BCUT2D eigenvalue weighted by atomic mass is 9.98. The number of nitrogens with one attached hydrogen (secondary N) is 1. The molecule has 0 aliphatic rings. The van der Waals surface area contributed by atoms with Crippen LogP contribution < -0.4 is 5.32 Å². The standard InChI is InChI=1S/C15H19NO3/c1-15(10-17,11-18)16-14(13-8-5-9-19-13)12-6-3-2-4-7-12/h2-9,14,16-18H,10-11H2,1H3. The van der Waals surface area contributed by atoms with E-state index in [0.29, 0.717) is 0 Å². The maximum absolute atomic E-state index is 9.43. The minimum Gasteiger partial charge on any atom is -0.467 e. The minimum absolute atomic E-state index is 0.159. The second kappa shape index (κ2) is 6.02. The average molecular weight is 261 g/mol. The summed E-state index contributed by atoms with van der Waals surface area (Å²) in [6, 6.07) is 13.3. The highest BCUT2D eigenvalue weighted by molar-refractivity contribution is 5.27. The quantitative estimate of drug-likeness (QED) is 0.740. The highest BCUT2D eigenvalue weighted by Crippen LogP contribution is 2.24. The van der Waals surface area contributed by atoms with Crippen LogP contribution in [0.15, 0.2) is 53.1 Å². The van der Waals surface area contributed by atoms with Crippen LogP contribution in [-0.4, -0.2) is 29.0 Å². The van der Waals surface area contributed by atoms with E-state index in [1.807, 2.05) is 42.5 Å². The molecule has 0 saturated heterocycles. The second-order valence-electron chi connectivity index (χ2n) is 4.88. The summed E-state index contributed by atoms with van der Waals surface area (Å²) in [5.74, 6) is 0.749. The van der Waals surface area contributed by atoms with E-state index in [2.05, 4.69) is 5.32 Å².